The smallest absolute Gasteiger partial charge is 0.444 e. The van der Waals surface area contributed by atoms with Gasteiger partial charge >= 0.3 is 13.2 Å². The number of fused-ring (bicyclic) bond motifs is 1. The molecule has 8 heteroatoms. The Kier molecular flexibility index (Phi) is 6.08. The third-order valence-corrected chi connectivity index (χ3v) is 5.51. The summed E-state index contributed by atoms with van der Waals surface area (Å²) in [7, 11) is -0.630. The molecular formula is C23H31BN2O5. The molecule has 0 saturated carbocycles. The Morgan fingerprint density at radius 3 is 2.39 bits per heavy atom. The van der Waals surface area contributed by atoms with Gasteiger partial charge in [0, 0.05) is 18.8 Å². The molecule has 0 spiro atoms. The van der Waals surface area contributed by atoms with E-state index < -0.39 is 30.0 Å². The number of hydrogen-bond donors (Lipinski definition) is 2. The molecule has 3 rings (SSSR count). The number of H-pyrrole nitrogens is 1. The van der Waals surface area contributed by atoms with E-state index in [1.807, 2.05) is 72.7 Å². The molecule has 0 unspecified atom stereocenters. The number of rotatable bonds is 4. The first kappa shape index (κ1) is 23.1. The molecule has 166 valence electrons. The molecule has 2 aromatic rings. The van der Waals surface area contributed by atoms with E-state index in [0.29, 0.717) is 0 Å². The summed E-state index contributed by atoms with van der Waals surface area (Å²) in [5.74, 6) is 0. The van der Waals surface area contributed by atoms with Crippen LogP contribution in [0.25, 0.3) is 16.8 Å². The highest BCUT2D eigenvalue weighted by molar-refractivity contribution is 6.56. The predicted molar refractivity (Wildman–Crippen MR) is 123 cm³/mol. The van der Waals surface area contributed by atoms with Crippen LogP contribution in [0.15, 0.2) is 40.7 Å². The first-order chi connectivity index (χ1) is 14.3. The maximum Gasteiger partial charge on any atom is 0.492 e. The fraction of sp³-hybridized carbons (Fsp3) is 0.478. The van der Waals surface area contributed by atoms with Crippen molar-refractivity contribution in [3.63, 3.8) is 0 Å². The van der Waals surface area contributed by atoms with E-state index in [4.69, 9.17) is 14.0 Å². The number of aromatic nitrogens is 1. The van der Waals surface area contributed by atoms with Crippen molar-refractivity contribution in [1.29, 1.82) is 0 Å². The number of carbonyl (C=O) groups excluding carboxylic acids is 1. The van der Waals surface area contributed by atoms with E-state index in [1.165, 1.54) is 0 Å². The van der Waals surface area contributed by atoms with Crippen LogP contribution < -0.4 is 10.9 Å². The fourth-order valence-electron chi connectivity index (χ4n) is 3.17. The van der Waals surface area contributed by atoms with E-state index in [2.05, 4.69) is 10.3 Å². The second kappa shape index (κ2) is 8.17. The molecule has 2 N–H and O–H groups in total. The lowest BCUT2D eigenvalue weighted by Gasteiger charge is -2.32. The summed E-state index contributed by atoms with van der Waals surface area (Å²) in [6.45, 7) is 13.6. The van der Waals surface area contributed by atoms with Gasteiger partial charge in [0.2, 0.25) is 5.56 Å². The number of nitrogens with one attached hydrogen (secondary N) is 2. The van der Waals surface area contributed by atoms with Gasteiger partial charge in [0.1, 0.15) is 5.60 Å². The average molecular weight is 426 g/mol. The van der Waals surface area contributed by atoms with Crippen LogP contribution in [-0.2, 0) is 14.0 Å². The molecule has 1 fully saturated rings. The number of carbonyl (C=O) groups is 1. The number of benzene rings is 1. The summed E-state index contributed by atoms with van der Waals surface area (Å²) in [6.07, 6.45) is 3.09. The van der Waals surface area contributed by atoms with Gasteiger partial charge in [-0.1, -0.05) is 18.2 Å². The molecule has 0 radical (unpaired) electrons. The summed E-state index contributed by atoms with van der Waals surface area (Å²) in [5.41, 5.74) is -0.170. The van der Waals surface area contributed by atoms with E-state index in [1.54, 1.807) is 12.3 Å². The highest BCUT2D eigenvalue weighted by atomic mass is 16.7. The molecule has 1 aromatic heterocycles. The average Bonchev–Trinajstić information content (AvgIpc) is 2.84. The Morgan fingerprint density at radius 1 is 1.13 bits per heavy atom. The predicted octanol–water partition coefficient (Wildman–Crippen LogP) is 4.07. The summed E-state index contributed by atoms with van der Waals surface area (Å²) in [4.78, 5) is 26.6. The van der Waals surface area contributed by atoms with Crippen LogP contribution in [0.3, 0.4) is 0 Å². The Balaban J connectivity index is 1.91. The van der Waals surface area contributed by atoms with Crippen molar-refractivity contribution in [3.05, 3.63) is 51.9 Å². The minimum Gasteiger partial charge on any atom is -0.444 e. The van der Waals surface area contributed by atoms with Crippen LogP contribution >= 0.6 is 0 Å². The third kappa shape index (κ3) is 5.57. The Bertz CT molecular complexity index is 1050. The maximum absolute atomic E-state index is 12.2. The standard InChI is InChI=1S/C23H31BN2O5/c1-21(2,3)29-20(28)26-14-18(24-30-22(4,5)23(6,7)31-24)11-15-8-9-16-13-25-19(27)12-17(16)10-15/h8-13H,14H2,1-7H3,(H,25,27)(H,26,28). The Morgan fingerprint density at radius 2 is 1.77 bits per heavy atom. The number of ether oxygens (including phenoxy) is 1. The van der Waals surface area contributed by atoms with E-state index in [9.17, 15) is 9.59 Å². The molecule has 1 amide bonds. The van der Waals surface area contributed by atoms with Crippen LogP contribution in [0, 0.1) is 0 Å². The first-order valence-corrected chi connectivity index (χ1v) is 10.4. The number of alkyl carbamates (subject to hydrolysis) is 1. The van der Waals surface area contributed by atoms with Crippen LogP contribution in [0.1, 0.15) is 54.0 Å². The lowest BCUT2D eigenvalue weighted by atomic mass is 9.77. The van der Waals surface area contributed by atoms with Crippen molar-refractivity contribution < 1.29 is 18.8 Å². The van der Waals surface area contributed by atoms with E-state index >= 15 is 0 Å². The SMILES string of the molecule is CC(C)(C)OC(=O)NCC(=Cc1ccc2c[nH]c(=O)cc2c1)B1OC(C)(C)C(C)(C)O1. The van der Waals surface area contributed by atoms with Gasteiger partial charge in [-0.3, -0.25) is 4.79 Å². The molecule has 1 aliphatic heterocycles. The summed E-state index contributed by atoms with van der Waals surface area (Å²) >= 11 is 0. The van der Waals surface area contributed by atoms with Crippen LogP contribution in [0.5, 0.6) is 0 Å². The third-order valence-electron chi connectivity index (χ3n) is 5.51. The van der Waals surface area contributed by atoms with Gasteiger partial charge in [0.05, 0.1) is 11.2 Å². The van der Waals surface area contributed by atoms with Crippen LogP contribution in [0.2, 0.25) is 0 Å². The molecular weight excluding hydrogens is 395 g/mol. The van der Waals surface area contributed by atoms with Crippen molar-refractivity contribution in [2.75, 3.05) is 6.54 Å². The monoisotopic (exact) mass is 426 g/mol. The molecule has 31 heavy (non-hydrogen) atoms. The maximum atomic E-state index is 12.2. The normalized spacial score (nSPS) is 18.3. The summed E-state index contributed by atoms with van der Waals surface area (Å²) < 4.78 is 17.8. The van der Waals surface area contributed by atoms with E-state index in [0.717, 1.165) is 21.8 Å². The number of pyridine rings is 1. The summed E-state index contributed by atoms with van der Waals surface area (Å²) in [5, 5.41) is 4.55. The second-order valence-corrected chi connectivity index (χ2v) is 9.85. The lowest BCUT2D eigenvalue weighted by Crippen LogP contribution is -2.41. The highest BCUT2D eigenvalue weighted by Gasteiger charge is 2.52. The van der Waals surface area contributed by atoms with E-state index in [-0.39, 0.29) is 12.1 Å². The zero-order valence-corrected chi connectivity index (χ0v) is 19.3. The van der Waals surface area contributed by atoms with Gasteiger partial charge in [-0.05, 0) is 76.3 Å². The molecule has 7 nitrogen and oxygen atoms in total. The Labute approximate surface area is 183 Å². The molecule has 0 bridgehead atoms. The fourth-order valence-corrected chi connectivity index (χ4v) is 3.17. The number of hydrogen-bond acceptors (Lipinski definition) is 5. The van der Waals surface area contributed by atoms with Gasteiger partial charge < -0.3 is 24.3 Å². The van der Waals surface area contributed by atoms with Gasteiger partial charge in [-0.25, -0.2) is 4.79 Å². The molecule has 1 saturated heterocycles. The van der Waals surface area contributed by atoms with Gasteiger partial charge in [0.25, 0.3) is 0 Å². The van der Waals surface area contributed by atoms with Gasteiger partial charge in [-0.2, -0.15) is 0 Å². The zero-order chi connectivity index (χ0) is 23.0. The number of aromatic amines is 1. The van der Waals surface area contributed by atoms with Crippen molar-refractivity contribution in [3.8, 4) is 0 Å². The zero-order valence-electron chi connectivity index (χ0n) is 19.3. The summed E-state index contributed by atoms with van der Waals surface area (Å²) in [6, 6.07) is 7.35. The van der Waals surface area contributed by atoms with Crippen molar-refractivity contribution >= 4 is 30.1 Å². The highest BCUT2D eigenvalue weighted by Crippen LogP contribution is 2.38. The molecule has 1 aliphatic rings. The Hall–Kier alpha value is -2.58. The van der Waals surface area contributed by atoms with Crippen LogP contribution in [-0.4, -0.2) is 41.5 Å². The van der Waals surface area contributed by atoms with Gasteiger partial charge in [-0.15, -0.1) is 0 Å². The minimum absolute atomic E-state index is 0.161. The van der Waals surface area contributed by atoms with Crippen LogP contribution in [0.4, 0.5) is 4.79 Å². The lowest BCUT2D eigenvalue weighted by molar-refractivity contribution is 0.00578. The molecule has 2 heterocycles. The van der Waals surface area contributed by atoms with Crippen molar-refractivity contribution in [2.24, 2.45) is 0 Å². The van der Waals surface area contributed by atoms with Crippen molar-refractivity contribution in [1.82, 2.24) is 10.3 Å². The minimum atomic E-state index is -0.630. The molecule has 0 atom stereocenters. The van der Waals surface area contributed by atoms with Crippen molar-refractivity contribution in [2.45, 2.75) is 65.3 Å². The van der Waals surface area contributed by atoms with Gasteiger partial charge in [0.15, 0.2) is 0 Å². The largest absolute Gasteiger partial charge is 0.492 e. The second-order valence-electron chi connectivity index (χ2n) is 9.85. The quantitative estimate of drug-likeness (QED) is 0.720. The number of amides is 1. The molecule has 1 aromatic carbocycles. The first-order valence-electron chi connectivity index (χ1n) is 10.4. The molecule has 0 aliphatic carbocycles. The topological polar surface area (TPSA) is 89.7 Å².